The van der Waals surface area contributed by atoms with E-state index in [9.17, 15) is 14.3 Å². The van der Waals surface area contributed by atoms with Gasteiger partial charge in [-0.25, -0.2) is 9.18 Å². The molecule has 1 aromatic heterocycles. The van der Waals surface area contributed by atoms with Gasteiger partial charge in [0.25, 0.3) is 0 Å². The summed E-state index contributed by atoms with van der Waals surface area (Å²) in [6.07, 6.45) is 0. The Morgan fingerprint density at radius 2 is 2.10 bits per heavy atom. The van der Waals surface area contributed by atoms with Crippen molar-refractivity contribution in [1.29, 1.82) is 0 Å². The van der Waals surface area contributed by atoms with Crippen LogP contribution in [0.2, 0.25) is 0 Å². The SMILES string of the molecule is COc1ccc(F)cc1-c1cc(C(=O)O)n(C(C)C)n1. The highest BCUT2D eigenvalue weighted by atomic mass is 19.1. The van der Waals surface area contributed by atoms with Gasteiger partial charge in [-0.3, -0.25) is 4.68 Å². The van der Waals surface area contributed by atoms with Gasteiger partial charge >= 0.3 is 5.97 Å². The first-order valence-corrected chi connectivity index (χ1v) is 6.10. The lowest BCUT2D eigenvalue weighted by Crippen LogP contribution is -2.11. The molecule has 0 spiro atoms. The largest absolute Gasteiger partial charge is 0.496 e. The number of methoxy groups -OCH3 is 1. The molecule has 2 rings (SSSR count). The van der Waals surface area contributed by atoms with Crippen molar-refractivity contribution in [2.24, 2.45) is 0 Å². The van der Waals surface area contributed by atoms with Gasteiger partial charge in [-0.05, 0) is 38.1 Å². The molecule has 106 valence electrons. The van der Waals surface area contributed by atoms with Gasteiger partial charge in [0, 0.05) is 11.6 Å². The summed E-state index contributed by atoms with van der Waals surface area (Å²) >= 11 is 0. The van der Waals surface area contributed by atoms with Crippen LogP contribution >= 0.6 is 0 Å². The van der Waals surface area contributed by atoms with Gasteiger partial charge in [-0.1, -0.05) is 0 Å². The van der Waals surface area contributed by atoms with Crippen LogP contribution in [-0.4, -0.2) is 28.0 Å². The third-order valence-corrected chi connectivity index (χ3v) is 2.88. The third-order valence-electron chi connectivity index (χ3n) is 2.88. The minimum absolute atomic E-state index is 0.0568. The number of ether oxygens (including phenoxy) is 1. The van der Waals surface area contributed by atoms with Gasteiger partial charge in [0.05, 0.1) is 12.8 Å². The van der Waals surface area contributed by atoms with E-state index in [2.05, 4.69) is 5.10 Å². The molecule has 0 bridgehead atoms. The van der Waals surface area contributed by atoms with Gasteiger partial charge < -0.3 is 9.84 Å². The Morgan fingerprint density at radius 3 is 2.60 bits per heavy atom. The summed E-state index contributed by atoms with van der Waals surface area (Å²) in [7, 11) is 1.47. The van der Waals surface area contributed by atoms with Crippen LogP contribution in [0, 0.1) is 5.82 Å². The van der Waals surface area contributed by atoms with Crippen molar-refractivity contribution in [1.82, 2.24) is 9.78 Å². The molecule has 0 radical (unpaired) electrons. The van der Waals surface area contributed by atoms with Crippen molar-refractivity contribution >= 4 is 5.97 Å². The highest BCUT2D eigenvalue weighted by molar-refractivity contribution is 5.87. The van der Waals surface area contributed by atoms with Crippen LogP contribution in [0.4, 0.5) is 4.39 Å². The number of carbonyl (C=O) groups is 1. The molecule has 0 unspecified atom stereocenters. The highest BCUT2D eigenvalue weighted by Crippen LogP contribution is 2.30. The molecule has 0 atom stereocenters. The standard InChI is InChI=1S/C14H15FN2O3/c1-8(2)17-12(14(18)19)7-11(16-17)10-6-9(15)4-5-13(10)20-3/h4-8H,1-3H3,(H,18,19). The number of carboxylic acid groups (broad SMARTS) is 1. The van der Waals surface area contributed by atoms with Crippen LogP contribution in [0.5, 0.6) is 5.75 Å². The molecule has 0 aliphatic rings. The second kappa shape index (κ2) is 5.32. The average molecular weight is 278 g/mol. The van der Waals surface area contributed by atoms with Gasteiger partial charge in [-0.2, -0.15) is 5.10 Å². The molecule has 20 heavy (non-hydrogen) atoms. The second-order valence-corrected chi connectivity index (χ2v) is 4.60. The summed E-state index contributed by atoms with van der Waals surface area (Å²) in [4.78, 5) is 11.2. The minimum Gasteiger partial charge on any atom is -0.496 e. The maximum absolute atomic E-state index is 13.4. The lowest BCUT2D eigenvalue weighted by molar-refractivity contribution is 0.0681. The molecule has 0 aliphatic carbocycles. The maximum atomic E-state index is 13.4. The maximum Gasteiger partial charge on any atom is 0.354 e. The van der Waals surface area contributed by atoms with E-state index in [1.807, 2.05) is 13.8 Å². The first-order valence-electron chi connectivity index (χ1n) is 6.10. The van der Waals surface area contributed by atoms with E-state index < -0.39 is 11.8 Å². The zero-order valence-corrected chi connectivity index (χ0v) is 11.4. The number of carboxylic acids is 1. The molecule has 0 fully saturated rings. The van der Waals surface area contributed by atoms with E-state index in [0.717, 1.165) is 0 Å². The van der Waals surface area contributed by atoms with Crippen molar-refractivity contribution in [2.45, 2.75) is 19.9 Å². The number of hydrogen-bond acceptors (Lipinski definition) is 3. The summed E-state index contributed by atoms with van der Waals surface area (Å²) < 4.78 is 19.9. The van der Waals surface area contributed by atoms with Crippen molar-refractivity contribution in [3.05, 3.63) is 35.8 Å². The number of aromatic carboxylic acids is 1. The van der Waals surface area contributed by atoms with Crippen molar-refractivity contribution < 1.29 is 19.0 Å². The highest BCUT2D eigenvalue weighted by Gasteiger charge is 2.19. The van der Waals surface area contributed by atoms with Gasteiger partial charge in [0.2, 0.25) is 0 Å². The molecular formula is C14H15FN2O3. The van der Waals surface area contributed by atoms with Crippen molar-refractivity contribution in [2.75, 3.05) is 7.11 Å². The van der Waals surface area contributed by atoms with E-state index in [-0.39, 0.29) is 11.7 Å². The number of aromatic nitrogens is 2. The Labute approximate surface area is 115 Å². The number of halogens is 1. The summed E-state index contributed by atoms with van der Waals surface area (Å²) in [6.45, 7) is 3.65. The van der Waals surface area contributed by atoms with Crippen LogP contribution in [0.3, 0.4) is 0 Å². The molecule has 0 aliphatic heterocycles. The number of benzene rings is 1. The predicted molar refractivity (Wildman–Crippen MR) is 71.5 cm³/mol. The van der Waals surface area contributed by atoms with Crippen LogP contribution in [0.1, 0.15) is 30.4 Å². The Balaban J connectivity index is 2.61. The molecule has 0 saturated heterocycles. The normalized spacial score (nSPS) is 10.8. The van der Waals surface area contributed by atoms with Crippen LogP contribution < -0.4 is 4.74 Å². The van der Waals surface area contributed by atoms with Crippen LogP contribution in [0.15, 0.2) is 24.3 Å². The van der Waals surface area contributed by atoms with Crippen molar-refractivity contribution in [3.63, 3.8) is 0 Å². The number of nitrogens with zero attached hydrogens (tertiary/aromatic N) is 2. The fraction of sp³-hybridized carbons (Fsp3) is 0.286. The van der Waals surface area contributed by atoms with Crippen LogP contribution in [0.25, 0.3) is 11.3 Å². The number of hydrogen-bond donors (Lipinski definition) is 1. The average Bonchev–Trinajstić information content (AvgIpc) is 2.83. The smallest absolute Gasteiger partial charge is 0.354 e. The lowest BCUT2D eigenvalue weighted by Gasteiger charge is -2.08. The third kappa shape index (κ3) is 2.49. The molecule has 1 heterocycles. The predicted octanol–water partition coefficient (Wildman–Crippen LogP) is 2.98. The van der Waals surface area contributed by atoms with Gasteiger partial charge in [-0.15, -0.1) is 0 Å². The molecule has 0 amide bonds. The molecule has 5 nitrogen and oxygen atoms in total. The number of rotatable bonds is 4. The summed E-state index contributed by atoms with van der Waals surface area (Å²) in [5.41, 5.74) is 0.850. The fourth-order valence-corrected chi connectivity index (χ4v) is 1.96. The topological polar surface area (TPSA) is 64.3 Å². The molecule has 1 aromatic carbocycles. The quantitative estimate of drug-likeness (QED) is 0.933. The van der Waals surface area contributed by atoms with E-state index in [1.54, 1.807) is 0 Å². The van der Waals surface area contributed by atoms with E-state index in [4.69, 9.17) is 4.74 Å². The Bertz CT molecular complexity index is 650. The molecule has 2 aromatic rings. The second-order valence-electron chi connectivity index (χ2n) is 4.60. The van der Waals surface area contributed by atoms with E-state index >= 15 is 0 Å². The van der Waals surface area contributed by atoms with Gasteiger partial charge in [0.1, 0.15) is 17.3 Å². The molecule has 6 heteroatoms. The van der Waals surface area contributed by atoms with E-state index in [0.29, 0.717) is 17.0 Å². The zero-order valence-electron chi connectivity index (χ0n) is 11.4. The van der Waals surface area contributed by atoms with Crippen LogP contribution in [-0.2, 0) is 0 Å². The Morgan fingerprint density at radius 1 is 1.40 bits per heavy atom. The summed E-state index contributed by atoms with van der Waals surface area (Å²) in [5, 5.41) is 13.4. The molecular weight excluding hydrogens is 263 g/mol. The van der Waals surface area contributed by atoms with E-state index in [1.165, 1.54) is 36.1 Å². The summed E-state index contributed by atoms with van der Waals surface area (Å²) in [5.74, 6) is -1.07. The zero-order chi connectivity index (χ0) is 14.9. The fourth-order valence-electron chi connectivity index (χ4n) is 1.96. The van der Waals surface area contributed by atoms with Crippen molar-refractivity contribution in [3.8, 4) is 17.0 Å². The summed E-state index contributed by atoms with van der Waals surface area (Å²) in [6, 6.07) is 5.34. The first kappa shape index (κ1) is 14.0. The molecule has 0 saturated carbocycles. The Hall–Kier alpha value is -2.37. The first-order chi connectivity index (χ1) is 9.43. The monoisotopic (exact) mass is 278 g/mol. The Kier molecular flexibility index (Phi) is 3.74. The lowest BCUT2D eigenvalue weighted by atomic mass is 10.1. The molecule has 1 N–H and O–H groups in total. The minimum atomic E-state index is -1.08. The van der Waals surface area contributed by atoms with Gasteiger partial charge in [0.15, 0.2) is 0 Å².